The maximum absolute atomic E-state index is 9.89. The Morgan fingerprint density at radius 3 is 2.29 bits per heavy atom. The lowest BCUT2D eigenvalue weighted by Crippen LogP contribution is -2.39. The van der Waals surface area contributed by atoms with Crippen LogP contribution in [-0.4, -0.2) is 11.1 Å². The van der Waals surface area contributed by atoms with Gasteiger partial charge in [-0.25, -0.2) is 0 Å². The van der Waals surface area contributed by atoms with E-state index in [0.717, 1.165) is 12.0 Å². The second-order valence-electron chi connectivity index (χ2n) is 5.77. The molecule has 0 aromatic heterocycles. The van der Waals surface area contributed by atoms with Gasteiger partial charge in [0.2, 0.25) is 0 Å². The predicted molar refractivity (Wildman–Crippen MR) is 73.2 cm³/mol. The molecule has 0 aliphatic heterocycles. The van der Waals surface area contributed by atoms with Gasteiger partial charge in [-0.1, -0.05) is 45.9 Å². The van der Waals surface area contributed by atoms with Gasteiger partial charge in [0.05, 0.1) is 0 Å². The van der Waals surface area contributed by atoms with E-state index in [1.165, 1.54) is 0 Å². The molecule has 1 rings (SSSR count). The highest BCUT2D eigenvalue weighted by Gasteiger charge is 2.23. The summed E-state index contributed by atoms with van der Waals surface area (Å²) >= 11 is 0. The predicted octanol–water partition coefficient (Wildman–Crippen LogP) is 3.87. The lowest BCUT2D eigenvalue weighted by atomic mass is 9.87. The average Bonchev–Trinajstić information content (AvgIpc) is 2.25. The first-order valence-corrected chi connectivity index (χ1v) is 6.40. The minimum atomic E-state index is 0.213. The third-order valence-electron chi connectivity index (χ3n) is 3.47. The Balaban J connectivity index is 2.83. The van der Waals surface area contributed by atoms with Crippen molar-refractivity contribution in [2.45, 2.75) is 53.1 Å². The Hall–Kier alpha value is -1.02. The van der Waals surface area contributed by atoms with E-state index in [1.54, 1.807) is 6.07 Å². The van der Waals surface area contributed by atoms with Crippen LogP contribution in [0.2, 0.25) is 0 Å². The Morgan fingerprint density at radius 1 is 1.24 bits per heavy atom. The van der Waals surface area contributed by atoms with E-state index in [9.17, 15) is 5.11 Å². The third kappa shape index (κ3) is 3.74. The molecule has 2 atom stereocenters. The third-order valence-corrected chi connectivity index (χ3v) is 3.47. The first-order valence-electron chi connectivity index (χ1n) is 6.40. The topological polar surface area (TPSA) is 32.3 Å². The molecule has 2 heteroatoms. The largest absolute Gasteiger partial charge is 0.508 e. The van der Waals surface area contributed by atoms with Crippen LogP contribution in [0.4, 0.5) is 0 Å². The van der Waals surface area contributed by atoms with Crippen LogP contribution in [0.1, 0.15) is 52.6 Å². The van der Waals surface area contributed by atoms with Crippen molar-refractivity contribution in [1.82, 2.24) is 5.32 Å². The van der Waals surface area contributed by atoms with Crippen LogP contribution < -0.4 is 5.32 Å². The fourth-order valence-corrected chi connectivity index (χ4v) is 1.76. The van der Waals surface area contributed by atoms with Crippen molar-refractivity contribution in [3.05, 3.63) is 29.8 Å². The van der Waals surface area contributed by atoms with Crippen LogP contribution in [-0.2, 0) is 0 Å². The van der Waals surface area contributed by atoms with Gasteiger partial charge in [0.15, 0.2) is 0 Å². The van der Waals surface area contributed by atoms with Crippen LogP contribution in [0.3, 0.4) is 0 Å². The summed E-state index contributed by atoms with van der Waals surface area (Å²) in [6, 6.07) is 8.19. The first-order chi connectivity index (χ1) is 7.86. The van der Waals surface area contributed by atoms with Crippen molar-refractivity contribution in [3.63, 3.8) is 0 Å². The highest BCUT2D eigenvalue weighted by atomic mass is 16.3. The fourth-order valence-electron chi connectivity index (χ4n) is 1.76. The van der Waals surface area contributed by atoms with Crippen LogP contribution in [0, 0.1) is 5.41 Å². The Kier molecular flexibility index (Phi) is 4.58. The smallest absolute Gasteiger partial charge is 0.120 e. The second kappa shape index (κ2) is 5.54. The highest BCUT2D eigenvalue weighted by Crippen LogP contribution is 2.28. The van der Waals surface area contributed by atoms with E-state index >= 15 is 0 Å². The summed E-state index contributed by atoms with van der Waals surface area (Å²) in [7, 11) is 0. The zero-order valence-electron chi connectivity index (χ0n) is 11.6. The Labute approximate surface area is 105 Å². The van der Waals surface area contributed by atoms with E-state index in [1.807, 2.05) is 18.2 Å². The average molecular weight is 235 g/mol. The maximum Gasteiger partial charge on any atom is 0.120 e. The van der Waals surface area contributed by atoms with E-state index in [2.05, 4.69) is 39.9 Å². The van der Waals surface area contributed by atoms with Crippen molar-refractivity contribution in [1.29, 1.82) is 0 Å². The van der Waals surface area contributed by atoms with Crippen molar-refractivity contribution in [2.24, 2.45) is 5.41 Å². The maximum atomic E-state index is 9.89. The van der Waals surface area contributed by atoms with Crippen LogP contribution >= 0.6 is 0 Å². The molecule has 96 valence electrons. The van der Waals surface area contributed by atoms with Crippen LogP contribution in [0.25, 0.3) is 0 Å². The van der Waals surface area contributed by atoms with Gasteiger partial charge in [-0.05, 0) is 24.8 Å². The number of nitrogens with one attached hydrogen (secondary N) is 1. The summed E-state index contributed by atoms with van der Waals surface area (Å²) < 4.78 is 0. The number of phenolic OH excluding ortho intramolecular Hbond substituents is 1. The molecule has 0 spiro atoms. The van der Waals surface area contributed by atoms with Gasteiger partial charge in [0.25, 0.3) is 0 Å². The van der Waals surface area contributed by atoms with E-state index in [-0.39, 0.29) is 11.5 Å². The van der Waals surface area contributed by atoms with Crippen molar-refractivity contribution < 1.29 is 5.11 Å². The van der Waals surface area contributed by atoms with Crippen molar-refractivity contribution in [3.8, 4) is 5.75 Å². The van der Waals surface area contributed by atoms with E-state index in [4.69, 9.17) is 0 Å². The lowest BCUT2D eigenvalue weighted by molar-refractivity contribution is 0.258. The minimum absolute atomic E-state index is 0.213. The van der Waals surface area contributed by atoms with Gasteiger partial charge in [-0.3, -0.25) is 0 Å². The number of rotatable bonds is 4. The minimum Gasteiger partial charge on any atom is -0.508 e. The molecule has 0 heterocycles. The van der Waals surface area contributed by atoms with Gasteiger partial charge < -0.3 is 10.4 Å². The normalized spacial score (nSPS) is 15.6. The molecule has 1 aromatic rings. The quantitative estimate of drug-likeness (QED) is 0.830. The summed E-state index contributed by atoms with van der Waals surface area (Å²) in [5.74, 6) is 0.382. The molecule has 0 aliphatic carbocycles. The molecule has 2 N–H and O–H groups in total. The number of aromatic hydroxyl groups is 1. The SMILES string of the molecule is CCC(NC(C)C(C)(C)C)c1ccccc1O. The van der Waals surface area contributed by atoms with E-state index < -0.39 is 0 Å². The fraction of sp³-hybridized carbons (Fsp3) is 0.600. The summed E-state index contributed by atoms with van der Waals surface area (Å²) in [4.78, 5) is 0. The standard InChI is InChI=1S/C15H25NO/c1-6-13(16-11(2)15(3,4)5)12-9-7-8-10-14(12)17/h7-11,13,16-17H,6H2,1-5H3. The molecule has 2 unspecified atom stereocenters. The zero-order valence-corrected chi connectivity index (χ0v) is 11.6. The molecule has 17 heavy (non-hydrogen) atoms. The zero-order chi connectivity index (χ0) is 13.1. The second-order valence-corrected chi connectivity index (χ2v) is 5.77. The van der Waals surface area contributed by atoms with E-state index in [0.29, 0.717) is 11.8 Å². The van der Waals surface area contributed by atoms with Crippen LogP contribution in [0.5, 0.6) is 5.75 Å². The molecule has 1 aromatic carbocycles. The number of benzene rings is 1. The first kappa shape index (κ1) is 14.0. The summed E-state index contributed by atoms with van der Waals surface area (Å²) in [6.07, 6.45) is 0.970. The summed E-state index contributed by atoms with van der Waals surface area (Å²) in [5.41, 5.74) is 1.21. The van der Waals surface area contributed by atoms with Gasteiger partial charge in [-0.15, -0.1) is 0 Å². The Morgan fingerprint density at radius 2 is 1.82 bits per heavy atom. The number of para-hydroxylation sites is 1. The molecule has 0 bridgehead atoms. The Bertz CT molecular complexity index is 354. The van der Waals surface area contributed by atoms with Gasteiger partial charge >= 0.3 is 0 Å². The number of phenols is 1. The molecule has 2 nitrogen and oxygen atoms in total. The lowest BCUT2D eigenvalue weighted by Gasteiger charge is -2.32. The number of hydrogen-bond donors (Lipinski definition) is 2. The molecule has 0 fully saturated rings. The number of hydrogen-bond acceptors (Lipinski definition) is 2. The van der Waals surface area contributed by atoms with Crippen molar-refractivity contribution in [2.75, 3.05) is 0 Å². The van der Waals surface area contributed by atoms with Crippen molar-refractivity contribution >= 4 is 0 Å². The molecule has 0 amide bonds. The molecular weight excluding hydrogens is 210 g/mol. The monoisotopic (exact) mass is 235 g/mol. The molecule has 0 radical (unpaired) electrons. The van der Waals surface area contributed by atoms with Crippen LogP contribution in [0.15, 0.2) is 24.3 Å². The molecular formula is C15H25NO. The molecule has 0 saturated heterocycles. The molecule has 0 aliphatic rings. The van der Waals surface area contributed by atoms with Gasteiger partial charge in [0.1, 0.15) is 5.75 Å². The highest BCUT2D eigenvalue weighted by molar-refractivity contribution is 5.34. The summed E-state index contributed by atoms with van der Waals surface area (Å²) in [6.45, 7) is 11.0. The van der Waals surface area contributed by atoms with Gasteiger partial charge in [0, 0.05) is 17.6 Å². The summed E-state index contributed by atoms with van der Waals surface area (Å²) in [5, 5.41) is 13.5. The molecule has 0 saturated carbocycles. The van der Waals surface area contributed by atoms with Gasteiger partial charge in [-0.2, -0.15) is 0 Å².